The molecule has 2 amide bonds. The molecule has 0 aromatic heterocycles. The Labute approximate surface area is 105 Å². The van der Waals surface area contributed by atoms with Gasteiger partial charge in [-0.05, 0) is 31.2 Å². The molecule has 0 saturated carbocycles. The third-order valence-corrected chi connectivity index (χ3v) is 1.96. The number of carbonyl (C=O) groups excluding carboxylic acids is 2. The van der Waals surface area contributed by atoms with E-state index in [9.17, 15) is 9.59 Å². The average molecular weight is 252 g/mol. The summed E-state index contributed by atoms with van der Waals surface area (Å²) < 4.78 is 10.5. The van der Waals surface area contributed by atoms with Crippen molar-refractivity contribution < 1.29 is 19.1 Å². The lowest BCUT2D eigenvalue weighted by atomic mass is 10.3. The minimum atomic E-state index is -0.593. The fourth-order valence-corrected chi connectivity index (χ4v) is 1.18. The normalized spacial score (nSPS) is 9.61. The summed E-state index contributed by atoms with van der Waals surface area (Å²) in [5, 5.41) is 2.32. The number of rotatable bonds is 7. The minimum Gasteiger partial charge on any atom is -0.494 e. The predicted octanol–water partition coefficient (Wildman–Crippen LogP) is 0.0656. The van der Waals surface area contributed by atoms with E-state index in [1.54, 1.807) is 24.3 Å². The fourth-order valence-electron chi connectivity index (χ4n) is 1.18. The van der Waals surface area contributed by atoms with Gasteiger partial charge in [0.2, 0.25) is 5.91 Å². The first-order chi connectivity index (χ1) is 8.61. The highest BCUT2D eigenvalue weighted by molar-refractivity contribution is 5.84. The molecular weight excluding hydrogens is 236 g/mol. The molecule has 0 aliphatic heterocycles. The second kappa shape index (κ2) is 7.16. The molecule has 0 saturated heterocycles. The Bertz CT molecular complexity index is 403. The van der Waals surface area contributed by atoms with E-state index in [1.165, 1.54) is 0 Å². The Morgan fingerprint density at radius 2 is 1.72 bits per heavy atom. The molecule has 0 aliphatic carbocycles. The number of primary amides is 1. The second-order valence-electron chi connectivity index (χ2n) is 3.44. The third kappa shape index (κ3) is 5.20. The van der Waals surface area contributed by atoms with E-state index < -0.39 is 11.8 Å². The Morgan fingerprint density at radius 1 is 1.17 bits per heavy atom. The molecule has 0 unspecified atom stereocenters. The predicted molar refractivity (Wildman–Crippen MR) is 65.3 cm³/mol. The maximum absolute atomic E-state index is 11.2. The quantitative estimate of drug-likeness (QED) is 0.718. The highest BCUT2D eigenvalue weighted by Crippen LogP contribution is 2.17. The van der Waals surface area contributed by atoms with E-state index >= 15 is 0 Å². The Kier molecular flexibility index (Phi) is 5.50. The zero-order valence-electron chi connectivity index (χ0n) is 10.1. The molecule has 0 atom stereocenters. The zero-order chi connectivity index (χ0) is 13.4. The standard InChI is InChI=1S/C12H16N2O4/c1-2-17-9-3-5-10(6-4-9)18-8-12(16)14-7-11(13)15/h3-6H,2,7-8H2,1H3,(H2,13,15)(H,14,16). The van der Waals surface area contributed by atoms with Crippen LogP contribution in [-0.4, -0.2) is 31.6 Å². The summed E-state index contributed by atoms with van der Waals surface area (Å²) in [5.74, 6) is 0.294. The first kappa shape index (κ1) is 13.8. The highest BCUT2D eigenvalue weighted by Gasteiger charge is 2.04. The summed E-state index contributed by atoms with van der Waals surface area (Å²) in [4.78, 5) is 21.7. The molecule has 0 heterocycles. The van der Waals surface area contributed by atoms with Crippen LogP contribution in [0, 0.1) is 0 Å². The third-order valence-electron chi connectivity index (χ3n) is 1.96. The minimum absolute atomic E-state index is 0.165. The molecule has 18 heavy (non-hydrogen) atoms. The molecule has 1 aromatic carbocycles. The summed E-state index contributed by atoms with van der Waals surface area (Å²) in [6, 6.07) is 6.90. The number of hydrogen-bond acceptors (Lipinski definition) is 4. The lowest BCUT2D eigenvalue weighted by Gasteiger charge is -2.07. The van der Waals surface area contributed by atoms with Crippen molar-refractivity contribution in [2.75, 3.05) is 19.8 Å². The summed E-state index contributed by atoms with van der Waals surface area (Å²) in [7, 11) is 0. The second-order valence-corrected chi connectivity index (χ2v) is 3.44. The molecular formula is C12H16N2O4. The van der Waals surface area contributed by atoms with E-state index in [0.717, 1.165) is 5.75 Å². The number of hydrogen-bond donors (Lipinski definition) is 2. The maximum Gasteiger partial charge on any atom is 0.258 e. The van der Waals surface area contributed by atoms with E-state index in [1.807, 2.05) is 6.92 Å². The molecule has 1 aromatic rings. The van der Waals surface area contributed by atoms with Crippen molar-refractivity contribution in [2.45, 2.75) is 6.92 Å². The van der Waals surface area contributed by atoms with E-state index in [2.05, 4.69) is 5.32 Å². The first-order valence-corrected chi connectivity index (χ1v) is 5.52. The van der Waals surface area contributed by atoms with Crippen LogP contribution in [0.3, 0.4) is 0 Å². The zero-order valence-corrected chi connectivity index (χ0v) is 10.1. The van der Waals surface area contributed by atoms with Crippen LogP contribution in [0.25, 0.3) is 0 Å². The average Bonchev–Trinajstić information content (AvgIpc) is 2.36. The van der Waals surface area contributed by atoms with Crippen molar-refractivity contribution in [1.29, 1.82) is 0 Å². The maximum atomic E-state index is 11.2. The van der Waals surface area contributed by atoms with Crippen molar-refractivity contribution >= 4 is 11.8 Å². The largest absolute Gasteiger partial charge is 0.494 e. The number of benzene rings is 1. The number of nitrogens with two attached hydrogens (primary N) is 1. The van der Waals surface area contributed by atoms with Crippen LogP contribution in [0.4, 0.5) is 0 Å². The van der Waals surface area contributed by atoms with E-state index in [-0.39, 0.29) is 13.2 Å². The number of ether oxygens (including phenoxy) is 2. The topological polar surface area (TPSA) is 90.7 Å². The number of nitrogens with one attached hydrogen (secondary N) is 1. The van der Waals surface area contributed by atoms with Gasteiger partial charge in [-0.25, -0.2) is 0 Å². The van der Waals surface area contributed by atoms with E-state index in [0.29, 0.717) is 12.4 Å². The van der Waals surface area contributed by atoms with Crippen LogP contribution >= 0.6 is 0 Å². The summed E-state index contributed by atoms with van der Waals surface area (Å²) >= 11 is 0. The summed E-state index contributed by atoms with van der Waals surface area (Å²) in [5.41, 5.74) is 4.88. The van der Waals surface area contributed by atoms with Gasteiger partial charge in [-0.3, -0.25) is 9.59 Å². The Balaban J connectivity index is 2.34. The Hall–Kier alpha value is -2.24. The van der Waals surface area contributed by atoms with Crippen LogP contribution in [0.2, 0.25) is 0 Å². The SMILES string of the molecule is CCOc1ccc(OCC(=O)NCC(N)=O)cc1. The smallest absolute Gasteiger partial charge is 0.258 e. The van der Waals surface area contributed by atoms with Gasteiger partial charge >= 0.3 is 0 Å². The van der Waals surface area contributed by atoms with Crippen LogP contribution in [0.15, 0.2) is 24.3 Å². The van der Waals surface area contributed by atoms with Crippen molar-refractivity contribution in [2.24, 2.45) is 5.73 Å². The molecule has 0 radical (unpaired) electrons. The van der Waals surface area contributed by atoms with Crippen molar-refractivity contribution in [1.82, 2.24) is 5.32 Å². The monoisotopic (exact) mass is 252 g/mol. The van der Waals surface area contributed by atoms with Gasteiger partial charge in [0.15, 0.2) is 6.61 Å². The molecule has 0 aliphatic rings. The molecule has 6 nitrogen and oxygen atoms in total. The fraction of sp³-hybridized carbons (Fsp3) is 0.333. The van der Waals surface area contributed by atoms with Crippen LogP contribution in [0.5, 0.6) is 11.5 Å². The highest BCUT2D eigenvalue weighted by atomic mass is 16.5. The van der Waals surface area contributed by atoms with Crippen LogP contribution in [-0.2, 0) is 9.59 Å². The van der Waals surface area contributed by atoms with Crippen LogP contribution in [0.1, 0.15) is 6.92 Å². The molecule has 1 rings (SSSR count). The molecule has 0 spiro atoms. The molecule has 0 fully saturated rings. The molecule has 0 bridgehead atoms. The van der Waals surface area contributed by atoms with Gasteiger partial charge in [0.05, 0.1) is 13.2 Å². The number of amides is 2. The Morgan fingerprint density at radius 3 is 2.22 bits per heavy atom. The van der Waals surface area contributed by atoms with Gasteiger partial charge in [0, 0.05) is 0 Å². The van der Waals surface area contributed by atoms with Crippen molar-refractivity contribution in [3.8, 4) is 11.5 Å². The molecule has 3 N–H and O–H groups in total. The summed E-state index contributed by atoms with van der Waals surface area (Å²) in [6.45, 7) is 2.13. The first-order valence-electron chi connectivity index (χ1n) is 5.52. The lowest BCUT2D eigenvalue weighted by molar-refractivity contribution is -0.126. The van der Waals surface area contributed by atoms with Gasteiger partial charge in [-0.1, -0.05) is 0 Å². The number of carbonyl (C=O) groups is 2. The van der Waals surface area contributed by atoms with Gasteiger partial charge in [0.25, 0.3) is 5.91 Å². The van der Waals surface area contributed by atoms with Gasteiger partial charge in [0.1, 0.15) is 11.5 Å². The van der Waals surface area contributed by atoms with E-state index in [4.69, 9.17) is 15.2 Å². The van der Waals surface area contributed by atoms with Crippen LogP contribution < -0.4 is 20.5 Å². The molecule has 6 heteroatoms. The molecule has 98 valence electrons. The van der Waals surface area contributed by atoms with Gasteiger partial charge < -0.3 is 20.5 Å². The van der Waals surface area contributed by atoms with Gasteiger partial charge in [-0.15, -0.1) is 0 Å². The van der Waals surface area contributed by atoms with Gasteiger partial charge in [-0.2, -0.15) is 0 Å². The van der Waals surface area contributed by atoms with Crippen molar-refractivity contribution in [3.05, 3.63) is 24.3 Å². The lowest BCUT2D eigenvalue weighted by Crippen LogP contribution is -2.36. The summed E-state index contributed by atoms with van der Waals surface area (Å²) in [6.07, 6.45) is 0. The van der Waals surface area contributed by atoms with Crippen molar-refractivity contribution in [3.63, 3.8) is 0 Å².